The Balaban J connectivity index is 2.05. The van der Waals surface area contributed by atoms with E-state index < -0.39 is 0 Å². The van der Waals surface area contributed by atoms with E-state index in [2.05, 4.69) is 10.4 Å². The number of ether oxygens (including phenoxy) is 1. The van der Waals surface area contributed by atoms with Gasteiger partial charge < -0.3 is 10.1 Å². The fourth-order valence-electron chi connectivity index (χ4n) is 2.50. The number of unbranched alkanes of at least 4 members (excludes halogenated alkanes) is 1. The molecule has 2 rings (SSSR count). The van der Waals surface area contributed by atoms with Gasteiger partial charge in [-0.25, -0.2) is 4.68 Å². The zero-order chi connectivity index (χ0) is 19.1. The largest absolute Gasteiger partial charge is 0.491 e. The number of aromatic nitrogens is 2. The molecule has 1 aromatic carbocycles. The minimum absolute atomic E-state index is 0.118. The highest BCUT2D eigenvalue weighted by Crippen LogP contribution is 2.18. The lowest BCUT2D eigenvalue weighted by molar-refractivity contribution is 0.0932. The molecule has 0 saturated carbocycles. The Morgan fingerprint density at radius 1 is 1.15 bits per heavy atom. The first kappa shape index (κ1) is 19.7. The van der Waals surface area contributed by atoms with Gasteiger partial charge in [-0.3, -0.25) is 9.59 Å². The van der Waals surface area contributed by atoms with Crippen LogP contribution in [0.4, 0.5) is 0 Å². The lowest BCUT2D eigenvalue weighted by Gasteiger charge is -2.16. The van der Waals surface area contributed by atoms with Crippen molar-refractivity contribution in [2.24, 2.45) is 0 Å². The lowest BCUT2D eigenvalue weighted by atomic mass is 10.1. The molecule has 1 heterocycles. The molecular formula is C20H27N3O3. The minimum atomic E-state index is -0.301. The predicted octanol–water partition coefficient (Wildman–Crippen LogP) is 3.32. The summed E-state index contributed by atoms with van der Waals surface area (Å²) >= 11 is 0. The van der Waals surface area contributed by atoms with Crippen LogP contribution in [-0.4, -0.2) is 21.8 Å². The summed E-state index contributed by atoms with van der Waals surface area (Å²) in [6.45, 7) is 8.42. The van der Waals surface area contributed by atoms with Gasteiger partial charge >= 0.3 is 0 Å². The van der Waals surface area contributed by atoms with E-state index in [1.165, 1.54) is 16.8 Å². The molecule has 1 amide bonds. The fourth-order valence-corrected chi connectivity index (χ4v) is 2.50. The Morgan fingerprint density at radius 3 is 2.46 bits per heavy atom. The molecule has 1 N–H and O–H groups in total. The van der Waals surface area contributed by atoms with E-state index in [9.17, 15) is 9.59 Å². The average Bonchev–Trinajstić information content (AvgIpc) is 2.61. The number of amides is 1. The monoisotopic (exact) mass is 357 g/mol. The van der Waals surface area contributed by atoms with E-state index in [1.54, 1.807) is 0 Å². The molecule has 1 aromatic heterocycles. The van der Waals surface area contributed by atoms with Gasteiger partial charge in [-0.05, 0) is 51.0 Å². The number of benzene rings is 1. The second-order valence-corrected chi connectivity index (χ2v) is 6.56. The third kappa shape index (κ3) is 5.44. The van der Waals surface area contributed by atoms with Gasteiger partial charge in [0.25, 0.3) is 11.5 Å². The molecule has 0 saturated heterocycles. The van der Waals surface area contributed by atoms with Crippen molar-refractivity contribution in [3.63, 3.8) is 0 Å². The first-order valence-corrected chi connectivity index (χ1v) is 9.06. The molecule has 26 heavy (non-hydrogen) atoms. The summed E-state index contributed by atoms with van der Waals surface area (Å²) in [4.78, 5) is 24.3. The standard InChI is InChI=1S/C20H27N3O3/c1-5-6-13-23-19(24)12-11-18(22-23)20(25)21-15(4)16-7-9-17(10-8-16)26-14(2)3/h7-12,14-15H,5-6,13H2,1-4H3,(H,21,25). The Labute approximate surface area is 154 Å². The first-order chi connectivity index (χ1) is 12.4. The SMILES string of the molecule is CCCCn1nc(C(=O)NC(C)c2ccc(OC(C)C)cc2)ccc1=O. The van der Waals surface area contributed by atoms with Gasteiger partial charge in [0, 0.05) is 12.6 Å². The summed E-state index contributed by atoms with van der Waals surface area (Å²) in [5, 5.41) is 7.09. The zero-order valence-electron chi connectivity index (χ0n) is 15.9. The van der Waals surface area contributed by atoms with Crippen molar-refractivity contribution in [1.29, 1.82) is 0 Å². The number of hydrogen-bond donors (Lipinski definition) is 1. The van der Waals surface area contributed by atoms with Gasteiger partial charge in [0.05, 0.1) is 12.1 Å². The molecule has 0 aliphatic carbocycles. The minimum Gasteiger partial charge on any atom is -0.491 e. The van der Waals surface area contributed by atoms with Gasteiger partial charge in [0.2, 0.25) is 0 Å². The van der Waals surface area contributed by atoms with Crippen LogP contribution in [0.15, 0.2) is 41.2 Å². The molecule has 1 atom stereocenters. The summed E-state index contributed by atoms with van der Waals surface area (Å²) in [6, 6.07) is 10.3. The van der Waals surface area contributed by atoms with E-state index in [0.717, 1.165) is 24.2 Å². The van der Waals surface area contributed by atoms with Gasteiger partial charge in [-0.1, -0.05) is 25.5 Å². The zero-order valence-corrected chi connectivity index (χ0v) is 15.9. The third-order valence-corrected chi connectivity index (χ3v) is 3.92. The number of hydrogen-bond acceptors (Lipinski definition) is 4. The van der Waals surface area contributed by atoms with Crippen LogP contribution < -0.4 is 15.6 Å². The van der Waals surface area contributed by atoms with Crippen LogP contribution >= 0.6 is 0 Å². The summed E-state index contributed by atoms with van der Waals surface area (Å²) in [5.41, 5.74) is 1.02. The average molecular weight is 357 g/mol. The maximum atomic E-state index is 12.5. The highest BCUT2D eigenvalue weighted by molar-refractivity contribution is 5.92. The van der Waals surface area contributed by atoms with E-state index in [4.69, 9.17) is 4.74 Å². The third-order valence-electron chi connectivity index (χ3n) is 3.92. The Bertz CT molecular complexity index is 782. The Hall–Kier alpha value is -2.63. The Morgan fingerprint density at radius 2 is 1.85 bits per heavy atom. The van der Waals surface area contributed by atoms with Crippen LogP contribution in [0.5, 0.6) is 5.75 Å². The van der Waals surface area contributed by atoms with Gasteiger partial charge in [0.15, 0.2) is 0 Å². The second-order valence-electron chi connectivity index (χ2n) is 6.56. The van der Waals surface area contributed by atoms with Crippen LogP contribution in [0.25, 0.3) is 0 Å². The normalized spacial score (nSPS) is 12.0. The van der Waals surface area contributed by atoms with Crippen LogP contribution in [-0.2, 0) is 6.54 Å². The highest BCUT2D eigenvalue weighted by atomic mass is 16.5. The highest BCUT2D eigenvalue weighted by Gasteiger charge is 2.14. The first-order valence-electron chi connectivity index (χ1n) is 9.06. The summed E-state index contributed by atoms with van der Waals surface area (Å²) in [5.74, 6) is 0.497. The molecule has 0 bridgehead atoms. The number of nitrogens with zero attached hydrogens (tertiary/aromatic N) is 2. The molecule has 0 spiro atoms. The van der Waals surface area contributed by atoms with Gasteiger partial charge in [-0.15, -0.1) is 0 Å². The van der Waals surface area contributed by atoms with Crippen molar-refractivity contribution < 1.29 is 9.53 Å². The number of nitrogens with one attached hydrogen (secondary N) is 1. The molecular weight excluding hydrogens is 330 g/mol. The maximum absolute atomic E-state index is 12.5. The summed E-state index contributed by atoms with van der Waals surface area (Å²) < 4.78 is 6.97. The summed E-state index contributed by atoms with van der Waals surface area (Å²) in [6.07, 6.45) is 1.92. The molecule has 1 unspecified atom stereocenters. The second kappa shape index (κ2) is 9.17. The smallest absolute Gasteiger partial charge is 0.272 e. The van der Waals surface area contributed by atoms with E-state index in [-0.39, 0.29) is 29.3 Å². The number of carbonyl (C=O) groups excluding carboxylic acids is 1. The maximum Gasteiger partial charge on any atom is 0.272 e. The lowest BCUT2D eigenvalue weighted by Crippen LogP contribution is -2.31. The number of rotatable bonds is 8. The van der Waals surface area contributed by atoms with E-state index in [1.807, 2.05) is 52.0 Å². The molecule has 0 aliphatic heterocycles. The predicted molar refractivity (Wildman–Crippen MR) is 101 cm³/mol. The molecule has 140 valence electrons. The molecule has 0 fully saturated rings. The van der Waals surface area contributed by atoms with Crippen molar-refractivity contribution in [1.82, 2.24) is 15.1 Å². The van der Waals surface area contributed by atoms with Crippen LogP contribution in [0.1, 0.15) is 62.6 Å². The van der Waals surface area contributed by atoms with Crippen LogP contribution in [0, 0.1) is 0 Å². The molecule has 6 nitrogen and oxygen atoms in total. The van der Waals surface area contributed by atoms with Crippen molar-refractivity contribution in [2.45, 2.75) is 59.2 Å². The van der Waals surface area contributed by atoms with Gasteiger partial charge in [0.1, 0.15) is 11.4 Å². The summed E-state index contributed by atoms with van der Waals surface area (Å²) in [7, 11) is 0. The van der Waals surface area contributed by atoms with Crippen molar-refractivity contribution in [3.8, 4) is 5.75 Å². The molecule has 6 heteroatoms. The van der Waals surface area contributed by atoms with Crippen LogP contribution in [0.3, 0.4) is 0 Å². The van der Waals surface area contributed by atoms with Crippen molar-refractivity contribution >= 4 is 5.91 Å². The quantitative estimate of drug-likeness (QED) is 0.786. The van der Waals surface area contributed by atoms with E-state index in [0.29, 0.717) is 6.54 Å². The Kier molecular flexibility index (Phi) is 6.95. The van der Waals surface area contributed by atoms with Crippen molar-refractivity contribution in [2.75, 3.05) is 0 Å². The topological polar surface area (TPSA) is 73.2 Å². The molecule has 0 aliphatic rings. The van der Waals surface area contributed by atoms with E-state index >= 15 is 0 Å². The molecule has 2 aromatic rings. The number of carbonyl (C=O) groups is 1. The van der Waals surface area contributed by atoms with Crippen LogP contribution in [0.2, 0.25) is 0 Å². The number of aryl methyl sites for hydroxylation is 1. The molecule has 0 radical (unpaired) electrons. The van der Waals surface area contributed by atoms with Gasteiger partial charge in [-0.2, -0.15) is 5.10 Å². The fraction of sp³-hybridized carbons (Fsp3) is 0.450. The van der Waals surface area contributed by atoms with Crippen molar-refractivity contribution in [3.05, 3.63) is 58.0 Å².